The number of nitrogens with one attached hydrogen (secondary N) is 1. The lowest BCUT2D eigenvalue weighted by Gasteiger charge is -2.26. The van der Waals surface area contributed by atoms with Crippen molar-refractivity contribution in [3.63, 3.8) is 0 Å². The van der Waals surface area contributed by atoms with E-state index >= 15 is 0 Å². The topological polar surface area (TPSA) is 95.9 Å². The first-order valence-corrected chi connectivity index (χ1v) is 6.96. The number of carbonyl (C=O) groups is 1. The van der Waals surface area contributed by atoms with E-state index in [0.29, 0.717) is 39.1 Å². The Morgan fingerprint density at radius 2 is 1.94 bits per heavy atom. The van der Waals surface area contributed by atoms with E-state index in [2.05, 4.69) is 4.72 Å². The molecule has 7 nitrogen and oxygen atoms in total. The highest BCUT2D eigenvalue weighted by atomic mass is 32.2. The lowest BCUT2D eigenvalue weighted by molar-refractivity contribution is -0.143. The van der Waals surface area contributed by atoms with Gasteiger partial charge >= 0.3 is 5.97 Å². The van der Waals surface area contributed by atoms with E-state index in [0.717, 1.165) is 0 Å². The molecule has 1 saturated heterocycles. The Labute approximate surface area is 99.9 Å². The lowest BCUT2D eigenvalue weighted by Crippen LogP contribution is -2.48. The molecule has 0 amide bonds. The van der Waals surface area contributed by atoms with Gasteiger partial charge in [-0.25, -0.2) is 4.72 Å². The van der Waals surface area contributed by atoms with Crippen LogP contribution in [0, 0.1) is 5.41 Å². The monoisotopic (exact) mass is 264 g/mol. The highest BCUT2D eigenvalue weighted by molar-refractivity contribution is 7.87. The van der Waals surface area contributed by atoms with E-state index < -0.39 is 21.6 Å². The lowest BCUT2D eigenvalue weighted by atomic mass is 10.1. The maximum Gasteiger partial charge on any atom is 0.310 e. The summed E-state index contributed by atoms with van der Waals surface area (Å²) in [5, 5.41) is 8.94. The molecule has 2 N–H and O–H groups in total. The molecular formula is C9H16N2O5S. The fourth-order valence-electron chi connectivity index (χ4n) is 1.72. The van der Waals surface area contributed by atoms with Crippen LogP contribution in [0.15, 0.2) is 0 Å². The van der Waals surface area contributed by atoms with Crippen molar-refractivity contribution in [2.75, 3.05) is 32.8 Å². The fraction of sp³-hybridized carbons (Fsp3) is 0.889. The van der Waals surface area contributed by atoms with Crippen LogP contribution < -0.4 is 4.72 Å². The van der Waals surface area contributed by atoms with Crippen LogP contribution in [0.1, 0.15) is 12.8 Å². The molecular weight excluding hydrogens is 248 g/mol. The number of rotatable bonds is 5. The van der Waals surface area contributed by atoms with E-state index in [9.17, 15) is 13.2 Å². The maximum absolute atomic E-state index is 11.8. The summed E-state index contributed by atoms with van der Waals surface area (Å²) in [5.41, 5.74) is -0.876. The van der Waals surface area contributed by atoms with Gasteiger partial charge in [0.05, 0.1) is 18.6 Å². The third-order valence-electron chi connectivity index (χ3n) is 3.21. The van der Waals surface area contributed by atoms with Gasteiger partial charge in [-0.05, 0) is 12.8 Å². The summed E-state index contributed by atoms with van der Waals surface area (Å²) in [6, 6.07) is 0. The molecule has 0 bridgehead atoms. The Morgan fingerprint density at radius 1 is 1.35 bits per heavy atom. The predicted octanol–water partition coefficient (Wildman–Crippen LogP) is -0.982. The highest BCUT2D eigenvalue weighted by Gasteiger charge is 2.50. The van der Waals surface area contributed by atoms with Crippen LogP contribution in [0.4, 0.5) is 0 Å². The summed E-state index contributed by atoms with van der Waals surface area (Å²) in [6.07, 6.45) is 1.07. The van der Waals surface area contributed by atoms with Crippen molar-refractivity contribution in [2.24, 2.45) is 5.41 Å². The first kappa shape index (κ1) is 12.7. The summed E-state index contributed by atoms with van der Waals surface area (Å²) in [7, 11) is -3.57. The molecule has 1 aliphatic heterocycles. The van der Waals surface area contributed by atoms with Crippen LogP contribution in [0.3, 0.4) is 0 Å². The van der Waals surface area contributed by atoms with Crippen molar-refractivity contribution in [2.45, 2.75) is 12.8 Å². The summed E-state index contributed by atoms with van der Waals surface area (Å²) >= 11 is 0. The van der Waals surface area contributed by atoms with Crippen LogP contribution in [-0.2, 0) is 19.7 Å². The molecule has 1 saturated carbocycles. The van der Waals surface area contributed by atoms with Crippen LogP contribution in [0.2, 0.25) is 0 Å². The fourth-order valence-corrected chi connectivity index (χ4v) is 3.00. The average molecular weight is 264 g/mol. The second kappa shape index (κ2) is 4.52. The molecule has 0 spiro atoms. The zero-order valence-electron chi connectivity index (χ0n) is 9.39. The van der Waals surface area contributed by atoms with Crippen molar-refractivity contribution in [3.8, 4) is 0 Å². The Balaban J connectivity index is 1.91. The molecule has 0 aromatic heterocycles. The van der Waals surface area contributed by atoms with Gasteiger partial charge in [-0.1, -0.05) is 0 Å². The summed E-state index contributed by atoms with van der Waals surface area (Å²) in [4.78, 5) is 10.9. The van der Waals surface area contributed by atoms with Gasteiger partial charge in [-0.2, -0.15) is 12.7 Å². The minimum atomic E-state index is -3.57. The van der Waals surface area contributed by atoms with Gasteiger partial charge in [0.15, 0.2) is 0 Å². The number of carboxylic acids is 1. The zero-order chi connectivity index (χ0) is 12.5. The summed E-state index contributed by atoms with van der Waals surface area (Å²) in [5.74, 6) is -0.929. The maximum atomic E-state index is 11.8. The van der Waals surface area contributed by atoms with Crippen molar-refractivity contribution in [1.82, 2.24) is 9.03 Å². The Kier molecular flexibility index (Phi) is 3.39. The predicted molar refractivity (Wildman–Crippen MR) is 58.6 cm³/mol. The molecule has 8 heteroatoms. The second-order valence-electron chi connectivity index (χ2n) is 4.42. The van der Waals surface area contributed by atoms with E-state index in [-0.39, 0.29) is 6.54 Å². The molecule has 0 aromatic carbocycles. The van der Waals surface area contributed by atoms with Gasteiger partial charge in [0.25, 0.3) is 10.2 Å². The zero-order valence-corrected chi connectivity index (χ0v) is 10.2. The second-order valence-corrected chi connectivity index (χ2v) is 6.18. The van der Waals surface area contributed by atoms with Crippen molar-refractivity contribution >= 4 is 16.2 Å². The minimum Gasteiger partial charge on any atom is -0.481 e. The van der Waals surface area contributed by atoms with Crippen molar-refractivity contribution in [3.05, 3.63) is 0 Å². The SMILES string of the molecule is O=C(O)C1(CNS(=O)(=O)N2CCOCC2)CC1. The molecule has 0 unspecified atom stereocenters. The molecule has 98 valence electrons. The summed E-state index contributed by atoms with van der Waals surface area (Å²) in [6.45, 7) is 1.36. The Hall–Kier alpha value is -0.700. The Morgan fingerprint density at radius 3 is 2.41 bits per heavy atom. The van der Waals surface area contributed by atoms with Gasteiger partial charge in [0.2, 0.25) is 0 Å². The smallest absolute Gasteiger partial charge is 0.310 e. The number of morpholine rings is 1. The highest BCUT2D eigenvalue weighted by Crippen LogP contribution is 2.45. The van der Waals surface area contributed by atoms with E-state index in [1.807, 2.05) is 0 Å². The minimum absolute atomic E-state index is 0.0258. The Bertz CT molecular complexity index is 398. The van der Waals surface area contributed by atoms with E-state index in [1.165, 1.54) is 4.31 Å². The molecule has 2 rings (SSSR count). The number of hydrogen-bond donors (Lipinski definition) is 2. The number of carboxylic acid groups (broad SMARTS) is 1. The quantitative estimate of drug-likeness (QED) is 0.665. The third-order valence-corrected chi connectivity index (χ3v) is 4.76. The van der Waals surface area contributed by atoms with E-state index in [4.69, 9.17) is 9.84 Å². The number of nitrogens with zero attached hydrogens (tertiary/aromatic N) is 1. The summed E-state index contributed by atoms with van der Waals surface area (Å²) < 4.78 is 32.4. The molecule has 17 heavy (non-hydrogen) atoms. The standard InChI is InChI=1S/C9H16N2O5S/c12-8(13)9(1-2-9)7-10-17(14,15)11-3-5-16-6-4-11/h10H,1-7H2,(H,12,13). The molecule has 1 aliphatic carbocycles. The average Bonchev–Trinajstić information content (AvgIpc) is 3.09. The molecule has 2 fully saturated rings. The van der Waals surface area contributed by atoms with Crippen molar-refractivity contribution < 1.29 is 23.1 Å². The van der Waals surface area contributed by atoms with Crippen LogP contribution in [0.5, 0.6) is 0 Å². The molecule has 1 heterocycles. The first-order valence-electron chi connectivity index (χ1n) is 5.52. The van der Waals surface area contributed by atoms with Crippen LogP contribution in [-0.4, -0.2) is 56.6 Å². The van der Waals surface area contributed by atoms with Gasteiger partial charge in [-0.15, -0.1) is 0 Å². The van der Waals surface area contributed by atoms with Crippen LogP contribution >= 0.6 is 0 Å². The number of ether oxygens (including phenoxy) is 1. The third kappa shape index (κ3) is 2.76. The van der Waals surface area contributed by atoms with Crippen molar-refractivity contribution in [1.29, 1.82) is 0 Å². The molecule has 2 aliphatic rings. The van der Waals surface area contributed by atoms with Gasteiger partial charge in [0.1, 0.15) is 0 Å². The largest absolute Gasteiger partial charge is 0.481 e. The van der Waals surface area contributed by atoms with Gasteiger partial charge in [0, 0.05) is 19.6 Å². The molecule has 0 atom stereocenters. The number of aliphatic carboxylic acids is 1. The van der Waals surface area contributed by atoms with Crippen LogP contribution in [0.25, 0.3) is 0 Å². The number of hydrogen-bond acceptors (Lipinski definition) is 4. The first-order chi connectivity index (χ1) is 7.96. The normalized spacial score (nSPS) is 24.5. The van der Waals surface area contributed by atoms with Gasteiger partial charge in [-0.3, -0.25) is 4.79 Å². The molecule has 0 aromatic rings. The van der Waals surface area contributed by atoms with E-state index in [1.54, 1.807) is 0 Å². The van der Waals surface area contributed by atoms with Gasteiger partial charge < -0.3 is 9.84 Å². The molecule has 0 radical (unpaired) electrons.